The Kier molecular flexibility index (Phi) is 4.65. The van der Waals surface area contributed by atoms with E-state index in [1.54, 1.807) is 12.1 Å². The van der Waals surface area contributed by atoms with E-state index in [1.165, 1.54) is 18.7 Å². The molecule has 20 heavy (non-hydrogen) atoms. The zero-order valence-corrected chi connectivity index (χ0v) is 13.3. The summed E-state index contributed by atoms with van der Waals surface area (Å²) in [6, 6.07) is 9.03. The van der Waals surface area contributed by atoms with E-state index in [1.807, 2.05) is 19.9 Å². The Morgan fingerprint density at radius 3 is 2.55 bits per heavy atom. The molecule has 0 aliphatic carbocycles. The summed E-state index contributed by atoms with van der Waals surface area (Å²) in [6.45, 7) is 4.51. The van der Waals surface area contributed by atoms with Crippen LogP contribution in [0.15, 0.2) is 34.8 Å². The van der Waals surface area contributed by atoms with Crippen LogP contribution in [-0.4, -0.2) is 7.11 Å². The monoisotopic (exact) mass is 337 g/mol. The molecule has 0 bridgehead atoms. The van der Waals surface area contributed by atoms with Crippen LogP contribution >= 0.6 is 15.9 Å². The number of aryl methyl sites for hydroxylation is 2. The van der Waals surface area contributed by atoms with E-state index in [-0.39, 0.29) is 5.82 Å². The fraction of sp³-hybridized carbons (Fsp3) is 0.250. The zero-order valence-electron chi connectivity index (χ0n) is 11.8. The molecule has 0 spiro atoms. The number of hydrogen-bond donors (Lipinski definition) is 1. The summed E-state index contributed by atoms with van der Waals surface area (Å²) >= 11 is 3.54. The quantitative estimate of drug-likeness (QED) is 0.862. The number of anilines is 1. The van der Waals surface area contributed by atoms with E-state index >= 15 is 0 Å². The lowest BCUT2D eigenvalue weighted by atomic mass is 10.1. The molecule has 2 nitrogen and oxygen atoms in total. The molecule has 2 aromatic carbocycles. The van der Waals surface area contributed by atoms with Crippen molar-refractivity contribution in [1.29, 1.82) is 0 Å². The minimum Gasteiger partial charge on any atom is -0.497 e. The van der Waals surface area contributed by atoms with Crippen LogP contribution in [0.1, 0.15) is 16.7 Å². The fourth-order valence-electron chi connectivity index (χ4n) is 2.12. The lowest BCUT2D eigenvalue weighted by Crippen LogP contribution is -2.04. The van der Waals surface area contributed by atoms with Crippen molar-refractivity contribution in [2.45, 2.75) is 20.4 Å². The zero-order chi connectivity index (χ0) is 14.7. The number of ether oxygens (including phenoxy) is 1. The van der Waals surface area contributed by atoms with E-state index in [9.17, 15) is 4.39 Å². The Morgan fingerprint density at radius 2 is 1.95 bits per heavy atom. The molecule has 1 N–H and O–H groups in total. The first kappa shape index (κ1) is 14.9. The third kappa shape index (κ3) is 3.31. The largest absolute Gasteiger partial charge is 0.497 e. The van der Waals surface area contributed by atoms with Crippen LogP contribution in [-0.2, 0) is 6.54 Å². The maximum Gasteiger partial charge on any atom is 0.131 e. The molecule has 0 atom stereocenters. The van der Waals surface area contributed by atoms with Crippen LogP contribution in [0, 0.1) is 19.7 Å². The van der Waals surface area contributed by atoms with Crippen molar-refractivity contribution in [1.82, 2.24) is 0 Å². The molecule has 0 unspecified atom stereocenters. The third-order valence-electron chi connectivity index (χ3n) is 3.15. The molecule has 0 aliphatic rings. The van der Waals surface area contributed by atoms with Crippen LogP contribution in [0.2, 0.25) is 0 Å². The van der Waals surface area contributed by atoms with E-state index in [0.29, 0.717) is 17.9 Å². The van der Waals surface area contributed by atoms with E-state index in [0.717, 1.165) is 15.7 Å². The van der Waals surface area contributed by atoms with Gasteiger partial charge in [0.15, 0.2) is 0 Å². The predicted molar refractivity (Wildman–Crippen MR) is 83.9 cm³/mol. The Labute approximate surface area is 127 Å². The summed E-state index contributed by atoms with van der Waals surface area (Å²) in [5.74, 6) is 0.261. The van der Waals surface area contributed by atoms with Crippen molar-refractivity contribution in [2.75, 3.05) is 12.4 Å². The van der Waals surface area contributed by atoms with Gasteiger partial charge >= 0.3 is 0 Å². The van der Waals surface area contributed by atoms with Crippen molar-refractivity contribution >= 4 is 21.6 Å². The molecule has 0 amide bonds. The van der Waals surface area contributed by atoms with Crippen LogP contribution in [0.3, 0.4) is 0 Å². The summed E-state index contributed by atoms with van der Waals surface area (Å²) in [6.07, 6.45) is 0. The van der Waals surface area contributed by atoms with Gasteiger partial charge in [-0.25, -0.2) is 4.39 Å². The number of nitrogens with one attached hydrogen (secondary N) is 1. The summed E-state index contributed by atoms with van der Waals surface area (Å²) in [7, 11) is 1.53. The number of methoxy groups -OCH3 is 1. The van der Waals surface area contributed by atoms with Gasteiger partial charge in [-0.1, -0.05) is 12.1 Å². The average molecular weight is 338 g/mol. The van der Waals surface area contributed by atoms with Gasteiger partial charge in [0.05, 0.1) is 12.8 Å². The van der Waals surface area contributed by atoms with E-state index in [4.69, 9.17) is 4.74 Å². The summed E-state index contributed by atoms with van der Waals surface area (Å²) < 4.78 is 19.9. The van der Waals surface area contributed by atoms with Crippen LogP contribution in [0.5, 0.6) is 5.75 Å². The van der Waals surface area contributed by atoms with Crippen molar-refractivity contribution in [3.63, 3.8) is 0 Å². The summed E-state index contributed by atoms with van der Waals surface area (Å²) in [5.41, 5.74) is 3.92. The van der Waals surface area contributed by atoms with Crippen molar-refractivity contribution < 1.29 is 9.13 Å². The minimum absolute atomic E-state index is 0.266. The first-order chi connectivity index (χ1) is 9.51. The maximum atomic E-state index is 13.9. The molecule has 0 saturated heterocycles. The van der Waals surface area contributed by atoms with Gasteiger partial charge < -0.3 is 10.1 Å². The Morgan fingerprint density at radius 1 is 1.20 bits per heavy atom. The first-order valence-corrected chi connectivity index (χ1v) is 7.13. The molecule has 4 heteroatoms. The molecule has 0 heterocycles. The average Bonchev–Trinajstić information content (AvgIpc) is 2.39. The molecule has 2 rings (SSSR count). The van der Waals surface area contributed by atoms with Gasteiger partial charge in [-0.2, -0.15) is 0 Å². The number of benzene rings is 2. The highest BCUT2D eigenvalue weighted by Crippen LogP contribution is 2.28. The molecule has 0 radical (unpaired) electrons. The maximum absolute atomic E-state index is 13.9. The smallest absolute Gasteiger partial charge is 0.131 e. The van der Waals surface area contributed by atoms with E-state index < -0.39 is 0 Å². The number of hydrogen-bond acceptors (Lipinski definition) is 2. The standard InChI is InChI=1S/C16H17BrFNO/c1-10-6-11(2)16(14(17)7-10)19-9-12-4-5-13(20-3)8-15(12)18/h4-8,19H,9H2,1-3H3. The van der Waals surface area contributed by atoms with Gasteiger partial charge in [0.25, 0.3) is 0 Å². The van der Waals surface area contributed by atoms with Crippen molar-refractivity contribution in [2.24, 2.45) is 0 Å². The second kappa shape index (κ2) is 6.27. The highest BCUT2D eigenvalue weighted by Gasteiger charge is 2.07. The van der Waals surface area contributed by atoms with Crippen LogP contribution < -0.4 is 10.1 Å². The first-order valence-electron chi connectivity index (χ1n) is 6.34. The minimum atomic E-state index is -0.266. The Hall–Kier alpha value is -1.55. The summed E-state index contributed by atoms with van der Waals surface area (Å²) in [4.78, 5) is 0. The van der Waals surface area contributed by atoms with Gasteiger partial charge in [-0.3, -0.25) is 0 Å². The molecule has 0 fully saturated rings. The summed E-state index contributed by atoms with van der Waals surface area (Å²) in [5, 5.41) is 3.28. The van der Waals surface area contributed by atoms with Gasteiger partial charge in [0, 0.05) is 22.6 Å². The van der Waals surface area contributed by atoms with Crippen molar-refractivity contribution in [3.05, 3.63) is 57.3 Å². The molecule has 0 aliphatic heterocycles. The van der Waals surface area contributed by atoms with Gasteiger partial charge in [-0.05, 0) is 53.0 Å². The molecule has 2 aromatic rings. The topological polar surface area (TPSA) is 21.3 Å². The third-order valence-corrected chi connectivity index (χ3v) is 3.77. The Bertz CT molecular complexity index is 605. The fourth-order valence-corrected chi connectivity index (χ4v) is 2.94. The molecule has 0 saturated carbocycles. The number of rotatable bonds is 4. The highest BCUT2D eigenvalue weighted by molar-refractivity contribution is 9.10. The second-order valence-corrected chi connectivity index (χ2v) is 5.60. The lowest BCUT2D eigenvalue weighted by Gasteiger charge is -2.13. The highest BCUT2D eigenvalue weighted by atomic mass is 79.9. The molecule has 106 valence electrons. The van der Waals surface area contributed by atoms with Crippen molar-refractivity contribution in [3.8, 4) is 5.75 Å². The normalized spacial score (nSPS) is 10.4. The molecular formula is C16H17BrFNO. The SMILES string of the molecule is COc1ccc(CNc2c(C)cc(C)cc2Br)c(F)c1. The van der Waals surface area contributed by atoms with Gasteiger partial charge in [0.1, 0.15) is 11.6 Å². The predicted octanol–water partition coefficient (Wildman–Crippen LogP) is 4.83. The molecule has 0 aromatic heterocycles. The Balaban J connectivity index is 2.17. The number of halogens is 2. The van der Waals surface area contributed by atoms with Crippen LogP contribution in [0.25, 0.3) is 0 Å². The van der Waals surface area contributed by atoms with Gasteiger partial charge in [0.2, 0.25) is 0 Å². The lowest BCUT2D eigenvalue weighted by molar-refractivity contribution is 0.411. The molecular weight excluding hydrogens is 321 g/mol. The van der Waals surface area contributed by atoms with Crippen LogP contribution in [0.4, 0.5) is 10.1 Å². The second-order valence-electron chi connectivity index (χ2n) is 4.75. The van der Waals surface area contributed by atoms with E-state index in [2.05, 4.69) is 27.3 Å². The van der Waals surface area contributed by atoms with Gasteiger partial charge in [-0.15, -0.1) is 0 Å².